The van der Waals surface area contributed by atoms with Crippen LogP contribution in [-0.4, -0.2) is 65.3 Å². The molecule has 1 fully saturated rings. The lowest BCUT2D eigenvalue weighted by molar-refractivity contribution is -0.144. The quantitative estimate of drug-likeness (QED) is 0.665. The summed E-state index contributed by atoms with van der Waals surface area (Å²) in [7, 11) is 0. The highest BCUT2D eigenvalue weighted by atomic mass is 32.1. The van der Waals surface area contributed by atoms with Gasteiger partial charge in [-0.2, -0.15) is 0 Å². The van der Waals surface area contributed by atoms with E-state index in [9.17, 15) is 9.59 Å². The summed E-state index contributed by atoms with van der Waals surface area (Å²) in [5.41, 5.74) is 3.87. The molecule has 0 bridgehead atoms. The number of hydrogen-bond donors (Lipinski definition) is 0. The Balaban J connectivity index is 1.46. The lowest BCUT2D eigenvalue weighted by Gasteiger charge is -2.42. The van der Waals surface area contributed by atoms with Crippen molar-refractivity contribution in [3.63, 3.8) is 0 Å². The third-order valence-corrected chi connectivity index (χ3v) is 7.87. The molecular formula is C27H37N3O2S. The van der Waals surface area contributed by atoms with E-state index in [0.717, 1.165) is 13.0 Å². The van der Waals surface area contributed by atoms with Gasteiger partial charge in [0.2, 0.25) is 11.8 Å². The van der Waals surface area contributed by atoms with E-state index in [2.05, 4.69) is 75.2 Å². The van der Waals surface area contributed by atoms with E-state index < -0.39 is 0 Å². The number of piperazine rings is 1. The molecule has 1 aromatic carbocycles. The molecule has 6 heteroatoms. The number of rotatable bonds is 4. The Morgan fingerprint density at radius 1 is 1.03 bits per heavy atom. The molecule has 178 valence electrons. The molecule has 0 radical (unpaired) electrons. The maximum Gasteiger partial charge on any atom is 0.236 e. The van der Waals surface area contributed by atoms with E-state index in [1.54, 1.807) is 0 Å². The van der Waals surface area contributed by atoms with Crippen LogP contribution in [0.4, 0.5) is 0 Å². The predicted octanol–water partition coefficient (Wildman–Crippen LogP) is 4.50. The first-order valence-corrected chi connectivity index (χ1v) is 12.9. The minimum atomic E-state index is -0.0247. The fourth-order valence-corrected chi connectivity index (χ4v) is 6.08. The number of carbonyl (C=O) groups is 2. The highest BCUT2D eigenvalue weighted by Crippen LogP contribution is 2.38. The van der Waals surface area contributed by atoms with E-state index in [4.69, 9.17) is 0 Å². The molecule has 0 saturated carbocycles. The maximum absolute atomic E-state index is 13.4. The van der Waals surface area contributed by atoms with Crippen LogP contribution in [0, 0.1) is 12.3 Å². The minimum Gasteiger partial charge on any atom is -0.338 e. The molecule has 2 atom stereocenters. The Morgan fingerprint density at radius 3 is 2.48 bits per heavy atom. The highest BCUT2D eigenvalue weighted by molar-refractivity contribution is 7.10. The van der Waals surface area contributed by atoms with Crippen LogP contribution in [0.3, 0.4) is 0 Å². The Labute approximate surface area is 202 Å². The van der Waals surface area contributed by atoms with Gasteiger partial charge in [-0.1, -0.05) is 45.0 Å². The van der Waals surface area contributed by atoms with Gasteiger partial charge in [-0.25, -0.2) is 0 Å². The summed E-state index contributed by atoms with van der Waals surface area (Å²) < 4.78 is 0. The standard InChI is InChI=1S/C27H37N3O2S/c1-19-8-6-7-9-21(19)26-22-11-15-33-23(22)10-12-29(26)18-25(32)28-13-14-30(20(2)17-28)24(31)16-27(3,4)5/h6-9,11,15,20,26H,10,12-14,16-18H2,1-5H3/t20-,26+/m0/s1. The van der Waals surface area contributed by atoms with Gasteiger partial charge in [-0.15, -0.1) is 11.3 Å². The molecule has 1 aromatic heterocycles. The normalized spacial score (nSPS) is 21.7. The van der Waals surface area contributed by atoms with Gasteiger partial charge in [-0.3, -0.25) is 14.5 Å². The fourth-order valence-electron chi connectivity index (χ4n) is 5.18. The number of fused-ring (bicyclic) bond motifs is 1. The van der Waals surface area contributed by atoms with Crippen molar-refractivity contribution in [1.82, 2.24) is 14.7 Å². The zero-order chi connectivity index (χ0) is 23.8. The zero-order valence-electron chi connectivity index (χ0n) is 20.6. The Morgan fingerprint density at radius 2 is 1.79 bits per heavy atom. The van der Waals surface area contributed by atoms with Crippen LogP contribution in [-0.2, 0) is 16.0 Å². The predicted molar refractivity (Wildman–Crippen MR) is 134 cm³/mol. The van der Waals surface area contributed by atoms with E-state index in [1.807, 2.05) is 21.1 Å². The number of hydrogen-bond acceptors (Lipinski definition) is 4. The van der Waals surface area contributed by atoms with Gasteiger partial charge in [-0.05, 0) is 53.8 Å². The molecule has 4 rings (SSSR count). The van der Waals surface area contributed by atoms with Crippen molar-refractivity contribution < 1.29 is 9.59 Å². The molecular weight excluding hydrogens is 430 g/mol. The van der Waals surface area contributed by atoms with Crippen LogP contribution in [0.2, 0.25) is 0 Å². The third-order valence-electron chi connectivity index (χ3n) is 6.87. The third kappa shape index (κ3) is 5.33. The second-order valence-corrected chi connectivity index (χ2v) is 11.8. The first-order valence-electron chi connectivity index (χ1n) is 12.1. The Hall–Kier alpha value is -2.18. The van der Waals surface area contributed by atoms with Crippen LogP contribution in [0.15, 0.2) is 35.7 Å². The summed E-state index contributed by atoms with van der Waals surface area (Å²) in [6, 6.07) is 10.9. The number of nitrogens with zero attached hydrogens (tertiary/aromatic N) is 3. The number of carbonyl (C=O) groups excluding carboxylic acids is 2. The van der Waals surface area contributed by atoms with Crippen molar-refractivity contribution in [2.45, 2.75) is 59.5 Å². The van der Waals surface area contributed by atoms with Crippen LogP contribution in [0.1, 0.15) is 61.7 Å². The molecule has 0 unspecified atom stereocenters. The van der Waals surface area contributed by atoms with Crippen LogP contribution >= 0.6 is 11.3 Å². The topological polar surface area (TPSA) is 43.9 Å². The van der Waals surface area contributed by atoms with E-state index in [-0.39, 0.29) is 29.3 Å². The minimum absolute atomic E-state index is 0.0247. The van der Waals surface area contributed by atoms with Gasteiger partial charge < -0.3 is 9.80 Å². The van der Waals surface area contributed by atoms with E-state index in [1.165, 1.54) is 21.6 Å². The number of amides is 2. The Bertz CT molecular complexity index is 1010. The van der Waals surface area contributed by atoms with Gasteiger partial charge in [0.05, 0.1) is 12.6 Å². The lowest BCUT2D eigenvalue weighted by Crippen LogP contribution is -2.57. The zero-order valence-corrected chi connectivity index (χ0v) is 21.5. The van der Waals surface area contributed by atoms with Crippen molar-refractivity contribution in [3.8, 4) is 0 Å². The summed E-state index contributed by atoms with van der Waals surface area (Å²) in [4.78, 5) is 33.9. The molecule has 2 aromatic rings. The molecule has 3 heterocycles. The molecule has 2 amide bonds. The largest absolute Gasteiger partial charge is 0.338 e. The smallest absolute Gasteiger partial charge is 0.236 e. The van der Waals surface area contributed by atoms with Crippen molar-refractivity contribution in [2.75, 3.05) is 32.7 Å². The van der Waals surface area contributed by atoms with Gasteiger partial charge in [0.1, 0.15) is 0 Å². The summed E-state index contributed by atoms with van der Waals surface area (Å²) >= 11 is 1.83. The monoisotopic (exact) mass is 467 g/mol. The fraction of sp³-hybridized carbons (Fsp3) is 0.556. The molecule has 2 aliphatic rings. The average Bonchev–Trinajstić information content (AvgIpc) is 3.22. The summed E-state index contributed by atoms with van der Waals surface area (Å²) in [6.45, 7) is 13.7. The second-order valence-electron chi connectivity index (χ2n) is 10.8. The van der Waals surface area contributed by atoms with E-state index in [0.29, 0.717) is 32.6 Å². The van der Waals surface area contributed by atoms with Gasteiger partial charge in [0, 0.05) is 43.5 Å². The second kappa shape index (κ2) is 9.59. The SMILES string of the molecule is Cc1ccccc1[C@@H]1c2ccsc2CCN1CC(=O)N1CCN(C(=O)CC(C)(C)C)[C@@H](C)C1. The van der Waals surface area contributed by atoms with Gasteiger partial charge in [0.15, 0.2) is 0 Å². The first-order chi connectivity index (χ1) is 15.6. The highest BCUT2D eigenvalue weighted by Gasteiger charge is 2.35. The summed E-state index contributed by atoms with van der Waals surface area (Å²) in [5.74, 6) is 0.366. The van der Waals surface area contributed by atoms with Crippen LogP contribution < -0.4 is 0 Å². The van der Waals surface area contributed by atoms with Crippen LogP contribution in [0.25, 0.3) is 0 Å². The molecule has 2 aliphatic heterocycles. The van der Waals surface area contributed by atoms with E-state index >= 15 is 0 Å². The molecule has 0 aliphatic carbocycles. The summed E-state index contributed by atoms with van der Waals surface area (Å²) in [5, 5.41) is 2.18. The van der Waals surface area contributed by atoms with Crippen molar-refractivity contribution >= 4 is 23.2 Å². The number of aryl methyl sites for hydroxylation is 1. The Kier molecular flexibility index (Phi) is 6.96. The first kappa shape index (κ1) is 24.0. The molecule has 0 spiro atoms. The number of benzene rings is 1. The lowest BCUT2D eigenvalue weighted by atomic mass is 9.90. The molecule has 33 heavy (non-hydrogen) atoms. The van der Waals surface area contributed by atoms with Gasteiger partial charge in [0.25, 0.3) is 0 Å². The summed E-state index contributed by atoms with van der Waals surface area (Å²) in [6.07, 6.45) is 1.54. The molecule has 1 saturated heterocycles. The maximum atomic E-state index is 13.4. The van der Waals surface area contributed by atoms with Crippen molar-refractivity contribution in [2.24, 2.45) is 5.41 Å². The van der Waals surface area contributed by atoms with Crippen molar-refractivity contribution in [3.05, 3.63) is 57.3 Å². The molecule has 0 N–H and O–H groups in total. The van der Waals surface area contributed by atoms with Crippen molar-refractivity contribution in [1.29, 1.82) is 0 Å². The average molecular weight is 468 g/mol. The van der Waals surface area contributed by atoms with Crippen LogP contribution in [0.5, 0.6) is 0 Å². The number of thiophene rings is 1. The van der Waals surface area contributed by atoms with Gasteiger partial charge >= 0.3 is 0 Å². The molecule has 5 nitrogen and oxygen atoms in total.